The number of halogens is 3. The number of hydrogen-bond acceptors (Lipinski definition) is 4. The van der Waals surface area contributed by atoms with Crippen molar-refractivity contribution in [2.75, 3.05) is 0 Å². The zero-order chi connectivity index (χ0) is 19.3. The van der Waals surface area contributed by atoms with E-state index in [0.29, 0.717) is 31.2 Å². The average Bonchev–Trinajstić information content (AvgIpc) is 3.07. The third-order valence-electron chi connectivity index (χ3n) is 5.06. The van der Waals surface area contributed by atoms with Crippen molar-refractivity contribution in [2.24, 2.45) is 5.41 Å². The van der Waals surface area contributed by atoms with E-state index in [2.05, 4.69) is 0 Å². The van der Waals surface area contributed by atoms with Crippen molar-refractivity contribution in [3.63, 3.8) is 0 Å². The highest BCUT2D eigenvalue weighted by Gasteiger charge is 2.57. The molecule has 0 amide bonds. The molecule has 2 aliphatic carbocycles. The van der Waals surface area contributed by atoms with Gasteiger partial charge in [-0.1, -0.05) is 77.5 Å². The molecule has 1 spiro atoms. The summed E-state index contributed by atoms with van der Waals surface area (Å²) in [6, 6.07) is 6.74. The van der Waals surface area contributed by atoms with Gasteiger partial charge in [-0.3, -0.25) is 19.2 Å². The summed E-state index contributed by atoms with van der Waals surface area (Å²) in [7, 11) is 0. The van der Waals surface area contributed by atoms with Crippen molar-refractivity contribution in [2.45, 2.75) is 36.4 Å². The molecule has 0 radical (unpaired) electrons. The lowest BCUT2D eigenvalue weighted by molar-refractivity contribution is -0.146. The van der Waals surface area contributed by atoms with E-state index in [1.807, 2.05) is 6.92 Å². The topological polar surface area (TPSA) is 68.3 Å². The Morgan fingerprint density at radius 1 is 0.962 bits per heavy atom. The molecule has 3 rings (SSSR count). The predicted octanol–water partition coefficient (Wildman–Crippen LogP) is 3.97. The van der Waals surface area contributed by atoms with Crippen molar-refractivity contribution >= 4 is 63.5 Å². The monoisotopic (exact) mass is 412 g/mol. The summed E-state index contributed by atoms with van der Waals surface area (Å²) in [5.41, 5.74) is -0.835. The van der Waals surface area contributed by atoms with Crippen LogP contribution in [0.15, 0.2) is 29.8 Å². The van der Waals surface area contributed by atoms with Crippen LogP contribution in [0, 0.1) is 12.3 Å². The second-order valence-corrected chi connectivity index (χ2v) is 9.00. The number of Topliss-reactive ketones (excluding diaryl/α,β-unsaturated/α-hetero) is 4. The number of aryl methyl sites for hydroxylation is 1. The molecular weight excluding hydrogens is 399 g/mol. The molecule has 1 fully saturated rings. The second-order valence-electron chi connectivity index (χ2n) is 6.72. The largest absolute Gasteiger partial charge is 0.293 e. The molecule has 1 saturated carbocycles. The highest BCUT2D eigenvalue weighted by atomic mass is 35.6. The maximum atomic E-state index is 13.3. The van der Waals surface area contributed by atoms with Crippen LogP contribution in [0.5, 0.6) is 0 Å². The fraction of sp³-hybridized carbons (Fsp3) is 0.368. The van der Waals surface area contributed by atoms with E-state index >= 15 is 0 Å². The SMILES string of the molecule is Cc1ccc(C2=C(C(=O)C(Cl)(Cl)Cl)C(=O)C(=O)C3(CCCC3)C2=O)cc1. The number of ketones is 4. The Labute approximate surface area is 165 Å². The van der Waals surface area contributed by atoms with Crippen molar-refractivity contribution in [3.8, 4) is 0 Å². The predicted molar refractivity (Wildman–Crippen MR) is 99.3 cm³/mol. The zero-order valence-electron chi connectivity index (χ0n) is 13.9. The van der Waals surface area contributed by atoms with Gasteiger partial charge in [0.15, 0.2) is 5.78 Å². The maximum Gasteiger partial charge on any atom is 0.253 e. The van der Waals surface area contributed by atoms with Crippen LogP contribution in [0.1, 0.15) is 36.8 Å². The van der Waals surface area contributed by atoms with Crippen molar-refractivity contribution in [1.82, 2.24) is 0 Å². The third kappa shape index (κ3) is 2.94. The number of alkyl halides is 3. The first-order valence-electron chi connectivity index (χ1n) is 8.16. The van der Waals surface area contributed by atoms with E-state index in [9.17, 15) is 19.2 Å². The zero-order valence-corrected chi connectivity index (χ0v) is 16.2. The van der Waals surface area contributed by atoms with Gasteiger partial charge in [-0.2, -0.15) is 0 Å². The van der Waals surface area contributed by atoms with E-state index in [1.54, 1.807) is 24.3 Å². The minimum Gasteiger partial charge on any atom is -0.293 e. The molecule has 1 aromatic carbocycles. The van der Waals surface area contributed by atoms with Crippen LogP contribution in [0.3, 0.4) is 0 Å². The number of carbonyl (C=O) groups excluding carboxylic acids is 4. The van der Waals surface area contributed by atoms with E-state index in [4.69, 9.17) is 34.8 Å². The molecule has 1 aromatic rings. The van der Waals surface area contributed by atoms with Gasteiger partial charge in [-0.05, 0) is 25.3 Å². The van der Waals surface area contributed by atoms with Gasteiger partial charge in [0.25, 0.3) is 3.79 Å². The smallest absolute Gasteiger partial charge is 0.253 e. The first-order valence-corrected chi connectivity index (χ1v) is 9.30. The van der Waals surface area contributed by atoms with Gasteiger partial charge in [0, 0.05) is 5.57 Å². The fourth-order valence-electron chi connectivity index (χ4n) is 3.69. The molecule has 7 heteroatoms. The average molecular weight is 414 g/mol. The van der Waals surface area contributed by atoms with Crippen molar-refractivity contribution < 1.29 is 19.2 Å². The van der Waals surface area contributed by atoms with Gasteiger partial charge in [0.2, 0.25) is 17.3 Å². The van der Waals surface area contributed by atoms with Crippen LogP contribution in [0.2, 0.25) is 0 Å². The van der Waals surface area contributed by atoms with Crippen LogP contribution in [-0.2, 0) is 19.2 Å². The minimum absolute atomic E-state index is 0.118. The first kappa shape index (κ1) is 19.3. The summed E-state index contributed by atoms with van der Waals surface area (Å²) >= 11 is 17.0. The summed E-state index contributed by atoms with van der Waals surface area (Å²) in [6.07, 6.45) is 1.92. The summed E-state index contributed by atoms with van der Waals surface area (Å²) in [4.78, 5) is 51.5. The maximum absolute atomic E-state index is 13.3. The lowest BCUT2D eigenvalue weighted by atomic mass is 9.66. The molecule has 2 aliphatic rings. The normalized spacial score (nSPS) is 20.2. The number of allylic oxidation sites excluding steroid dienone is 2. The molecule has 0 saturated heterocycles. The molecule has 4 nitrogen and oxygen atoms in total. The van der Waals surface area contributed by atoms with Gasteiger partial charge >= 0.3 is 0 Å². The third-order valence-corrected chi connectivity index (χ3v) is 5.58. The van der Waals surface area contributed by atoms with Crippen LogP contribution < -0.4 is 0 Å². The Hall–Kier alpha value is -1.49. The Morgan fingerprint density at radius 2 is 1.50 bits per heavy atom. The standard InChI is InChI=1S/C19H15Cl3O4/c1-10-4-6-11(7-5-10)12-13(16(25)19(20,21)22)14(23)17(26)18(15(12)24)8-2-3-9-18/h4-7H,2-3,8-9H2,1H3. The molecule has 0 unspecified atom stereocenters. The Kier molecular flexibility index (Phi) is 4.89. The highest BCUT2D eigenvalue weighted by molar-refractivity contribution is 6.80. The fourth-order valence-corrected chi connectivity index (χ4v) is 3.97. The summed E-state index contributed by atoms with van der Waals surface area (Å²) in [5.74, 6) is -3.59. The molecule has 0 aliphatic heterocycles. The van der Waals surface area contributed by atoms with Crippen LogP contribution in [0.4, 0.5) is 0 Å². The van der Waals surface area contributed by atoms with Gasteiger partial charge in [0.1, 0.15) is 5.41 Å². The van der Waals surface area contributed by atoms with Gasteiger partial charge in [0.05, 0.1) is 5.57 Å². The molecule has 26 heavy (non-hydrogen) atoms. The van der Waals surface area contributed by atoms with E-state index in [-0.39, 0.29) is 5.57 Å². The molecule has 0 atom stereocenters. The summed E-state index contributed by atoms with van der Waals surface area (Å²) < 4.78 is -2.44. The number of hydrogen-bond donors (Lipinski definition) is 0. The number of carbonyl (C=O) groups is 4. The second kappa shape index (κ2) is 6.59. The molecule has 0 heterocycles. The molecule has 136 valence electrons. The number of benzene rings is 1. The molecule has 0 aromatic heterocycles. The molecule has 0 bridgehead atoms. The van der Waals surface area contributed by atoms with Gasteiger partial charge < -0.3 is 0 Å². The van der Waals surface area contributed by atoms with Gasteiger partial charge in [-0.25, -0.2) is 0 Å². The van der Waals surface area contributed by atoms with Crippen molar-refractivity contribution in [3.05, 3.63) is 41.0 Å². The molecule has 0 N–H and O–H groups in total. The Balaban J connectivity index is 2.31. The van der Waals surface area contributed by atoms with Crippen LogP contribution in [0.25, 0.3) is 5.57 Å². The Bertz CT molecular complexity index is 854. The van der Waals surface area contributed by atoms with Crippen LogP contribution in [-0.4, -0.2) is 26.9 Å². The number of rotatable bonds is 2. The Morgan fingerprint density at radius 3 is 2.00 bits per heavy atom. The first-order chi connectivity index (χ1) is 12.1. The van der Waals surface area contributed by atoms with Crippen molar-refractivity contribution in [1.29, 1.82) is 0 Å². The van der Waals surface area contributed by atoms with E-state index < -0.39 is 37.9 Å². The molecular formula is C19H15Cl3O4. The minimum atomic E-state index is -2.44. The lowest BCUT2D eigenvalue weighted by Crippen LogP contribution is -2.49. The summed E-state index contributed by atoms with van der Waals surface area (Å²) in [5, 5.41) is 0. The summed E-state index contributed by atoms with van der Waals surface area (Å²) in [6.45, 7) is 1.86. The quantitative estimate of drug-likeness (QED) is 0.318. The lowest BCUT2D eigenvalue weighted by Gasteiger charge is -2.32. The van der Waals surface area contributed by atoms with Gasteiger partial charge in [-0.15, -0.1) is 0 Å². The highest BCUT2D eigenvalue weighted by Crippen LogP contribution is 2.48. The van der Waals surface area contributed by atoms with E-state index in [0.717, 1.165) is 5.56 Å². The van der Waals surface area contributed by atoms with E-state index in [1.165, 1.54) is 0 Å². The van der Waals surface area contributed by atoms with Crippen LogP contribution >= 0.6 is 34.8 Å².